The number of rotatable bonds is 8. The van der Waals surface area contributed by atoms with Gasteiger partial charge in [0.25, 0.3) is 0 Å². The minimum atomic E-state index is -2.76. The van der Waals surface area contributed by atoms with Crippen LogP contribution in [0.15, 0.2) is 0 Å². The molecule has 0 spiro atoms. The second-order valence-electron chi connectivity index (χ2n) is 4.89. The van der Waals surface area contributed by atoms with Crippen LogP contribution in [0.3, 0.4) is 0 Å². The molecule has 1 aliphatic carbocycles. The van der Waals surface area contributed by atoms with Gasteiger partial charge in [-0.15, -0.1) is 0 Å². The van der Waals surface area contributed by atoms with E-state index in [1.807, 2.05) is 0 Å². The Bertz CT molecular complexity index is 270. The normalized spacial score (nSPS) is 19.1. The highest BCUT2D eigenvalue weighted by molar-refractivity contribution is 7.90. The number of hydrogen-bond acceptors (Lipinski definition) is 3. The Morgan fingerprint density at radius 3 is 2.53 bits per heavy atom. The highest BCUT2D eigenvalue weighted by Gasteiger charge is 2.19. The molecule has 90 valence electrons. The van der Waals surface area contributed by atoms with Crippen molar-refractivity contribution in [2.45, 2.75) is 45.1 Å². The monoisotopic (exact) mass is 233 g/mol. The molecular formula is C11H23NO2S. The fourth-order valence-corrected chi connectivity index (χ4v) is 2.35. The lowest BCUT2D eigenvalue weighted by atomic mass is 10.0. The van der Waals surface area contributed by atoms with E-state index in [0.717, 1.165) is 25.4 Å². The third-order valence-electron chi connectivity index (χ3n) is 2.86. The minimum Gasteiger partial charge on any atom is -0.314 e. The van der Waals surface area contributed by atoms with Gasteiger partial charge in [-0.25, -0.2) is 8.42 Å². The second-order valence-corrected chi connectivity index (χ2v) is 7.15. The standard InChI is InChI=1S/C11H23NO2S/c1-10(4-3-9-15(2,13)14)7-8-12-11-5-6-11/h10-12H,3-9H2,1-2H3. The molecule has 0 heterocycles. The maximum atomic E-state index is 10.9. The van der Waals surface area contributed by atoms with Crippen molar-refractivity contribution in [1.29, 1.82) is 0 Å². The molecule has 4 heteroatoms. The van der Waals surface area contributed by atoms with E-state index < -0.39 is 9.84 Å². The van der Waals surface area contributed by atoms with Crippen molar-refractivity contribution in [1.82, 2.24) is 5.32 Å². The number of hydrogen-bond donors (Lipinski definition) is 1. The zero-order chi connectivity index (χ0) is 11.3. The molecule has 0 saturated heterocycles. The lowest BCUT2D eigenvalue weighted by Crippen LogP contribution is -2.19. The van der Waals surface area contributed by atoms with Crippen molar-refractivity contribution in [2.75, 3.05) is 18.6 Å². The highest BCUT2D eigenvalue weighted by Crippen LogP contribution is 2.19. The van der Waals surface area contributed by atoms with Crippen LogP contribution in [-0.2, 0) is 9.84 Å². The Kier molecular flexibility index (Phi) is 5.06. The lowest BCUT2D eigenvalue weighted by Gasteiger charge is -2.11. The van der Waals surface area contributed by atoms with Crippen LogP contribution in [0.4, 0.5) is 0 Å². The van der Waals surface area contributed by atoms with Gasteiger partial charge < -0.3 is 5.32 Å². The summed E-state index contributed by atoms with van der Waals surface area (Å²) in [5, 5.41) is 3.48. The summed E-state index contributed by atoms with van der Waals surface area (Å²) >= 11 is 0. The topological polar surface area (TPSA) is 46.2 Å². The average molecular weight is 233 g/mol. The van der Waals surface area contributed by atoms with Crippen LogP contribution in [0.2, 0.25) is 0 Å². The van der Waals surface area contributed by atoms with Crippen molar-refractivity contribution in [3.8, 4) is 0 Å². The van der Waals surface area contributed by atoms with Gasteiger partial charge >= 0.3 is 0 Å². The molecule has 1 fully saturated rings. The first-order valence-corrected chi connectivity index (χ1v) is 7.94. The van der Waals surface area contributed by atoms with Gasteiger partial charge in [-0.1, -0.05) is 6.92 Å². The van der Waals surface area contributed by atoms with Crippen LogP contribution in [0.1, 0.15) is 39.0 Å². The molecule has 1 rings (SSSR count). The largest absolute Gasteiger partial charge is 0.314 e. The van der Waals surface area contributed by atoms with E-state index in [-0.39, 0.29) is 0 Å². The molecule has 1 atom stereocenters. The van der Waals surface area contributed by atoms with Gasteiger partial charge in [0.05, 0.1) is 0 Å². The third-order valence-corrected chi connectivity index (χ3v) is 3.89. The zero-order valence-corrected chi connectivity index (χ0v) is 10.6. The summed E-state index contributed by atoms with van der Waals surface area (Å²) in [5.41, 5.74) is 0. The van der Waals surface area contributed by atoms with Crippen LogP contribution >= 0.6 is 0 Å². The molecule has 0 radical (unpaired) electrons. The maximum absolute atomic E-state index is 10.9. The first-order valence-electron chi connectivity index (χ1n) is 5.88. The van der Waals surface area contributed by atoms with Gasteiger partial charge in [-0.05, 0) is 44.6 Å². The molecule has 1 N–H and O–H groups in total. The summed E-state index contributed by atoms with van der Waals surface area (Å²) < 4.78 is 21.8. The molecule has 0 aromatic heterocycles. The van der Waals surface area contributed by atoms with E-state index in [0.29, 0.717) is 11.7 Å². The van der Waals surface area contributed by atoms with E-state index in [1.165, 1.54) is 25.5 Å². The van der Waals surface area contributed by atoms with E-state index in [2.05, 4.69) is 12.2 Å². The quantitative estimate of drug-likeness (QED) is 0.692. The van der Waals surface area contributed by atoms with Crippen molar-refractivity contribution >= 4 is 9.84 Å². The molecule has 3 nitrogen and oxygen atoms in total. The molecule has 0 amide bonds. The van der Waals surface area contributed by atoms with Crippen LogP contribution in [-0.4, -0.2) is 33.0 Å². The first kappa shape index (κ1) is 13.0. The molecule has 1 saturated carbocycles. The molecule has 0 aliphatic heterocycles. The zero-order valence-electron chi connectivity index (χ0n) is 9.83. The first-order chi connectivity index (χ1) is 6.97. The van der Waals surface area contributed by atoms with Gasteiger partial charge in [0, 0.05) is 18.1 Å². The van der Waals surface area contributed by atoms with E-state index in [4.69, 9.17) is 0 Å². The summed E-state index contributed by atoms with van der Waals surface area (Å²) in [4.78, 5) is 0. The molecule has 15 heavy (non-hydrogen) atoms. The third kappa shape index (κ3) is 7.79. The van der Waals surface area contributed by atoms with Crippen molar-refractivity contribution in [2.24, 2.45) is 5.92 Å². The Hall–Kier alpha value is -0.0900. The maximum Gasteiger partial charge on any atom is 0.147 e. The summed E-state index contributed by atoms with van der Waals surface area (Å²) in [6.07, 6.45) is 6.99. The summed E-state index contributed by atoms with van der Waals surface area (Å²) in [6.45, 7) is 3.29. The fraction of sp³-hybridized carbons (Fsp3) is 1.00. The molecule has 0 aromatic carbocycles. The number of nitrogens with one attached hydrogen (secondary N) is 1. The van der Waals surface area contributed by atoms with Gasteiger partial charge in [0.15, 0.2) is 0 Å². The fourth-order valence-electron chi connectivity index (χ4n) is 1.66. The summed E-state index contributed by atoms with van der Waals surface area (Å²) in [5.74, 6) is 0.978. The van der Waals surface area contributed by atoms with E-state index >= 15 is 0 Å². The van der Waals surface area contributed by atoms with Gasteiger partial charge in [0.1, 0.15) is 9.84 Å². The smallest absolute Gasteiger partial charge is 0.147 e. The SMILES string of the molecule is CC(CCCS(C)(=O)=O)CCNC1CC1. The Morgan fingerprint density at radius 1 is 1.33 bits per heavy atom. The van der Waals surface area contributed by atoms with Crippen molar-refractivity contribution in [3.63, 3.8) is 0 Å². The van der Waals surface area contributed by atoms with Gasteiger partial charge in [-0.3, -0.25) is 0 Å². The highest BCUT2D eigenvalue weighted by atomic mass is 32.2. The molecule has 0 aromatic rings. The Labute approximate surface area is 93.6 Å². The molecular weight excluding hydrogens is 210 g/mol. The van der Waals surface area contributed by atoms with Crippen LogP contribution < -0.4 is 5.32 Å². The van der Waals surface area contributed by atoms with Crippen molar-refractivity contribution < 1.29 is 8.42 Å². The molecule has 0 bridgehead atoms. The predicted octanol–water partition coefficient (Wildman–Crippen LogP) is 1.59. The Balaban J connectivity index is 1.94. The predicted molar refractivity (Wildman–Crippen MR) is 63.8 cm³/mol. The van der Waals surface area contributed by atoms with Gasteiger partial charge in [-0.2, -0.15) is 0 Å². The van der Waals surface area contributed by atoms with Crippen LogP contribution in [0, 0.1) is 5.92 Å². The minimum absolute atomic E-state index is 0.341. The van der Waals surface area contributed by atoms with E-state index in [9.17, 15) is 8.42 Å². The van der Waals surface area contributed by atoms with Crippen molar-refractivity contribution in [3.05, 3.63) is 0 Å². The Morgan fingerprint density at radius 2 is 2.00 bits per heavy atom. The van der Waals surface area contributed by atoms with E-state index in [1.54, 1.807) is 0 Å². The second kappa shape index (κ2) is 5.85. The van der Waals surface area contributed by atoms with Gasteiger partial charge in [0.2, 0.25) is 0 Å². The van der Waals surface area contributed by atoms with Crippen LogP contribution in [0.5, 0.6) is 0 Å². The summed E-state index contributed by atoms with van der Waals surface area (Å²) in [7, 11) is -2.76. The lowest BCUT2D eigenvalue weighted by molar-refractivity contribution is 0.463. The van der Waals surface area contributed by atoms with Crippen LogP contribution in [0.25, 0.3) is 0 Å². The number of sulfone groups is 1. The molecule has 1 aliphatic rings. The average Bonchev–Trinajstić information content (AvgIpc) is 2.85. The molecule has 1 unspecified atom stereocenters. The summed E-state index contributed by atoms with van der Waals surface area (Å²) in [6, 6.07) is 0.785.